The van der Waals surface area contributed by atoms with Crippen molar-refractivity contribution in [3.63, 3.8) is 0 Å². The van der Waals surface area contributed by atoms with Crippen LogP contribution in [0.15, 0.2) is 18.2 Å². The first-order valence-electron chi connectivity index (χ1n) is 5.92. The van der Waals surface area contributed by atoms with E-state index < -0.39 is 0 Å². The van der Waals surface area contributed by atoms with Crippen LogP contribution in [0.5, 0.6) is 11.5 Å². The largest absolute Gasteiger partial charge is 0.497 e. The predicted molar refractivity (Wildman–Crippen MR) is 67.9 cm³/mol. The number of ketones is 1. The van der Waals surface area contributed by atoms with Crippen molar-refractivity contribution in [2.45, 2.75) is 32.6 Å². The van der Waals surface area contributed by atoms with E-state index in [1.807, 2.05) is 32.0 Å². The van der Waals surface area contributed by atoms with Crippen LogP contribution in [0.1, 0.15) is 38.2 Å². The third kappa shape index (κ3) is 2.99. The molecular formula is C14H20O3. The van der Waals surface area contributed by atoms with E-state index in [1.54, 1.807) is 14.2 Å². The second-order valence-corrected chi connectivity index (χ2v) is 3.89. The molecule has 0 aliphatic heterocycles. The van der Waals surface area contributed by atoms with Gasteiger partial charge >= 0.3 is 0 Å². The van der Waals surface area contributed by atoms with Crippen LogP contribution in [0.3, 0.4) is 0 Å². The highest BCUT2D eigenvalue weighted by Crippen LogP contribution is 2.33. The molecule has 3 heteroatoms. The summed E-state index contributed by atoms with van der Waals surface area (Å²) in [4.78, 5) is 11.9. The summed E-state index contributed by atoms with van der Waals surface area (Å²) in [5.41, 5.74) is 0.947. The van der Waals surface area contributed by atoms with Gasteiger partial charge in [-0.25, -0.2) is 0 Å². The van der Waals surface area contributed by atoms with Crippen LogP contribution < -0.4 is 9.47 Å². The van der Waals surface area contributed by atoms with Crippen LogP contribution in [-0.2, 0) is 4.79 Å². The number of methoxy groups -OCH3 is 2. The lowest BCUT2D eigenvalue weighted by Crippen LogP contribution is -2.11. The standard InChI is InChI=1S/C14H20O3/c1-5-11(13(15)6-2)12-8-7-10(16-3)9-14(12)17-4/h7-9,11H,5-6H2,1-4H3/t11-/m0/s1. The number of carbonyl (C=O) groups excluding carboxylic acids is 1. The summed E-state index contributed by atoms with van der Waals surface area (Å²) in [6, 6.07) is 5.60. The summed E-state index contributed by atoms with van der Waals surface area (Å²) in [5, 5.41) is 0. The third-order valence-corrected chi connectivity index (χ3v) is 2.96. The minimum absolute atomic E-state index is 0.0825. The minimum atomic E-state index is -0.0825. The molecule has 0 heterocycles. The fourth-order valence-electron chi connectivity index (χ4n) is 1.97. The average molecular weight is 236 g/mol. The molecule has 94 valence electrons. The minimum Gasteiger partial charge on any atom is -0.497 e. The quantitative estimate of drug-likeness (QED) is 0.761. The highest BCUT2D eigenvalue weighted by molar-refractivity contribution is 5.86. The predicted octanol–water partition coefficient (Wildman–Crippen LogP) is 3.18. The second-order valence-electron chi connectivity index (χ2n) is 3.89. The Bertz CT molecular complexity index is 385. The van der Waals surface area contributed by atoms with E-state index in [1.165, 1.54) is 0 Å². The molecule has 0 spiro atoms. The van der Waals surface area contributed by atoms with Gasteiger partial charge in [0.25, 0.3) is 0 Å². The Morgan fingerprint density at radius 1 is 1.24 bits per heavy atom. The van der Waals surface area contributed by atoms with Crippen LogP contribution >= 0.6 is 0 Å². The Morgan fingerprint density at radius 2 is 1.94 bits per heavy atom. The average Bonchev–Trinajstić information content (AvgIpc) is 2.39. The van der Waals surface area contributed by atoms with Crippen molar-refractivity contribution in [3.8, 4) is 11.5 Å². The van der Waals surface area contributed by atoms with E-state index in [0.29, 0.717) is 6.42 Å². The van der Waals surface area contributed by atoms with Crippen molar-refractivity contribution in [2.24, 2.45) is 0 Å². The van der Waals surface area contributed by atoms with E-state index in [2.05, 4.69) is 0 Å². The van der Waals surface area contributed by atoms with Gasteiger partial charge in [0.15, 0.2) is 0 Å². The number of ether oxygens (including phenoxy) is 2. The van der Waals surface area contributed by atoms with Crippen LogP contribution in [0, 0.1) is 0 Å². The zero-order chi connectivity index (χ0) is 12.8. The molecule has 0 unspecified atom stereocenters. The first-order chi connectivity index (χ1) is 8.17. The van der Waals surface area contributed by atoms with Gasteiger partial charge in [0.05, 0.1) is 14.2 Å². The van der Waals surface area contributed by atoms with E-state index in [4.69, 9.17) is 9.47 Å². The fourth-order valence-corrected chi connectivity index (χ4v) is 1.97. The zero-order valence-corrected chi connectivity index (χ0v) is 10.9. The molecule has 0 bridgehead atoms. The van der Waals surface area contributed by atoms with Gasteiger partial charge in [-0.3, -0.25) is 4.79 Å². The van der Waals surface area contributed by atoms with E-state index >= 15 is 0 Å². The van der Waals surface area contributed by atoms with Crippen LogP contribution in [0.25, 0.3) is 0 Å². The topological polar surface area (TPSA) is 35.5 Å². The van der Waals surface area contributed by atoms with Gasteiger partial charge in [0.1, 0.15) is 17.3 Å². The number of hydrogen-bond acceptors (Lipinski definition) is 3. The molecule has 1 aromatic rings. The molecule has 0 saturated heterocycles. The van der Waals surface area contributed by atoms with Crippen molar-refractivity contribution in [1.29, 1.82) is 0 Å². The summed E-state index contributed by atoms with van der Waals surface area (Å²) in [6.07, 6.45) is 1.34. The van der Waals surface area contributed by atoms with Crippen LogP contribution in [0.2, 0.25) is 0 Å². The van der Waals surface area contributed by atoms with Crippen LogP contribution in [-0.4, -0.2) is 20.0 Å². The first kappa shape index (κ1) is 13.6. The van der Waals surface area contributed by atoms with Crippen molar-refractivity contribution in [1.82, 2.24) is 0 Å². The molecule has 0 aliphatic carbocycles. The monoisotopic (exact) mass is 236 g/mol. The molecule has 0 fully saturated rings. The van der Waals surface area contributed by atoms with Gasteiger partial charge < -0.3 is 9.47 Å². The lowest BCUT2D eigenvalue weighted by Gasteiger charge is -2.17. The van der Waals surface area contributed by atoms with Crippen LogP contribution in [0.4, 0.5) is 0 Å². The van der Waals surface area contributed by atoms with Gasteiger partial charge in [-0.05, 0) is 12.5 Å². The summed E-state index contributed by atoms with van der Waals surface area (Å²) < 4.78 is 10.5. The van der Waals surface area contributed by atoms with E-state index in [-0.39, 0.29) is 11.7 Å². The summed E-state index contributed by atoms with van der Waals surface area (Å²) in [5.74, 6) is 1.62. The van der Waals surface area contributed by atoms with Crippen molar-refractivity contribution in [3.05, 3.63) is 23.8 Å². The lowest BCUT2D eigenvalue weighted by atomic mass is 9.90. The Balaban J connectivity index is 3.14. The molecule has 0 aliphatic rings. The third-order valence-electron chi connectivity index (χ3n) is 2.96. The van der Waals surface area contributed by atoms with Crippen molar-refractivity contribution < 1.29 is 14.3 Å². The molecule has 0 N–H and O–H groups in total. The highest BCUT2D eigenvalue weighted by atomic mass is 16.5. The molecule has 1 aromatic carbocycles. The molecule has 0 aromatic heterocycles. The normalized spacial score (nSPS) is 12.0. The number of rotatable bonds is 6. The zero-order valence-electron chi connectivity index (χ0n) is 10.9. The Morgan fingerprint density at radius 3 is 2.41 bits per heavy atom. The Labute approximate surface area is 103 Å². The number of hydrogen-bond donors (Lipinski definition) is 0. The number of carbonyl (C=O) groups is 1. The van der Waals surface area contributed by atoms with E-state index in [0.717, 1.165) is 23.5 Å². The summed E-state index contributed by atoms with van der Waals surface area (Å²) in [7, 11) is 3.23. The van der Waals surface area contributed by atoms with Crippen molar-refractivity contribution >= 4 is 5.78 Å². The van der Waals surface area contributed by atoms with Gasteiger partial charge in [0.2, 0.25) is 0 Å². The summed E-state index contributed by atoms with van der Waals surface area (Å²) >= 11 is 0. The summed E-state index contributed by atoms with van der Waals surface area (Å²) in [6.45, 7) is 3.91. The smallest absolute Gasteiger partial charge is 0.140 e. The van der Waals surface area contributed by atoms with E-state index in [9.17, 15) is 4.79 Å². The van der Waals surface area contributed by atoms with Crippen molar-refractivity contribution in [2.75, 3.05) is 14.2 Å². The maximum absolute atomic E-state index is 11.9. The van der Waals surface area contributed by atoms with Gasteiger partial charge in [-0.1, -0.05) is 19.9 Å². The molecular weight excluding hydrogens is 216 g/mol. The molecule has 1 atom stereocenters. The fraction of sp³-hybridized carbons (Fsp3) is 0.500. The molecule has 17 heavy (non-hydrogen) atoms. The maximum Gasteiger partial charge on any atom is 0.140 e. The SMILES string of the molecule is CCC(=O)[C@@H](CC)c1ccc(OC)cc1OC. The van der Waals surface area contributed by atoms with Gasteiger partial charge in [-0.15, -0.1) is 0 Å². The van der Waals surface area contributed by atoms with Gasteiger partial charge in [-0.2, -0.15) is 0 Å². The Kier molecular flexibility index (Phi) is 5.01. The highest BCUT2D eigenvalue weighted by Gasteiger charge is 2.20. The molecule has 3 nitrogen and oxygen atoms in total. The maximum atomic E-state index is 11.9. The second kappa shape index (κ2) is 6.28. The molecule has 0 saturated carbocycles. The number of Topliss-reactive ketones (excluding diaryl/α,β-unsaturated/α-hetero) is 1. The number of benzene rings is 1. The first-order valence-corrected chi connectivity index (χ1v) is 5.92. The lowest BCUT2D eigenvalue weighted by molar-refractivity contribution is -0.120. The molecule has 0 radical (unpaired) electrons. The Hall–Kier alpha value is -1.51. The molecule has 1 rings (SSSR count). The van der Waals surface area contributed by atoms with Gasteiger partial charge in [0, 0.05) is 24.0 Å². The molecule has 0 amide bonds.